The molecule has 0 atom stereocenters. The Morgan fingerprint density at radius 1 is 0.952 bits per heavy atom. The van der Waals surface area contributed by atoms with Gasteiger partial charge in [0, 0.05) is 0 Å². The third-order valence-electron chi connectivity index (χ3n) is 4.46. The van der Waals surface area contributed by atoms with E-state index in [1.54, 1.807) is 0 Å². The van der Waals surface area contributed by atoms with E-state index >= 15 is 0 Å². The summed E-state index contributed by atoms with van der Waals surface area (Å²) in [4.78, 5) is 15.8. The van der Waals surface area contributed by atoms with Gasteiger partial charge in [0.15, 0.2) is 0 Å². The van der Waals surface area contributed by atoms with E-state index in [4.69, 9.17) is 4.98 Å². The van der Waals surface area contributed by atoms with Crippen molar-refractivity contribution in [1.82, 2.24) is 4.98 Å². The summed E-state index contributed by atoms with van der Waals surface area (Å²) < 4.78 is 5.56. The second-order valence-electron chi connectivity index (χ2n) is 6.16. The molecule has 3 heteroatoms. The Morgan fingerprint density at radius 3 is 1.90 bits per heavy atom. The van der Waals surface area contributed by atoms with Gasteiger partial charge in [-0.25, -0.2) is 0 Å². The van der Waals surface area contributed by atoms with E-state index in [2.05, 4.69) is 26.8 Å². The Morgan fingerprint density at radius 2 is 1.48 bits per heavy atom. The molecule has 0 fully saturated rings. The molecule has 2 nitrogen and oxygen atoms in total. The van der Waals surface area contributed by atoms with Crippen LogP contribution in [0.2, 0.25) is 13.3 Å². The van der Waals surface area contributed by atoms with Gasteiger partial charge < -0.3 is 0 Å². The van der Waals surface area contributed by atoms with Crippen molar-refractivity contribution in [3.8, 4) is 0 Å². The first-order valence-electron chi connectivity index (χ1n) is 8.65. The van der Waals surface area contributed by atoms with Crippen molar-refractivity contribution in [1.29, 1.82) is 0 Å². The van der Waals surface area contributed by atoms with E-state index in [1.165, 1.54) is 55.5 Å². The summed E-state index contributed by atoms with van der Waals surface area (Å²) in [6, 6.07) is 6.11. The number of pyridine rings is 1. The first-order valence-corrected chi connectivity index (χ1v) is 16.1. The normalized spacial score (nSPS) is 11.6. The van der Waals surface area contributed by atoms with Gasteiger partial charge in [0.05, 0.1) is 0 Å². The number of hydrogen-bond acceptors (Lipinski definition) is 2. The zero-order chi connectivity index (χ0) is 15.6. The molecular weight excluding hydrogens is 365 g/mol. The van der Waals surface area contributed by atoms with Crippen molar-refractivity contribution < 1.29 is 4.79 Å². The molecule has 1 rings (SSSR count). The Bertz CT molecular complexity index is 398. The second kappa shape index (κ2) is 10.4. The number of nitrogens with zero attached hydrogens (tertiary/aromatic N) is 1. The van der Waals surface area contributed by atoms with Crippen molar-refractivity contribution in [3.05, 3.63) is 23.9 Å². The topological polar surface area (TPSA) is 30.0 Å². The third-order valence-corrected chi connectivity index (χ3v) is 19.6. The van der Waals surface area contributed by atoms with Crippen molar-refractivity contribution in [2.75, 3.05) is 0 Å². The number of carbonyl (C=O) groups excluding carboxylic acids is 1. The number of aromatic nitrogens is 1. The zero-order valence-corrected chi connectivity index (χ0v) is 16.9. The molecule has 0 aliphatic carbocycles. The average Bonchev–Trinajstić information content (AvgIpc) is 2.54. The van der Waals surface area contributed by atoms with E-state index in [-0.39, 0.29) is 0 Å². The Hall–Kier alpha value is -0.381. The first kappa shape index (κ1) is 18.7. The standard InChI is InChI=1S/C6H4NO.3C4H9.Sn/c8-5-6-3-1-2-4-7-6;3*1-3-4-2;/h1-3,5H;3*1,3-4H2,2H3;. The molecule has 1 aromatic heterocycles. The van der Waals surface area contributed by atoms with Crippen molar-refractivity contribution >= 4 is 28.4 Å². The van der Waals surface area contributed by atoms with Crippen molar-refractivity contribution in [2.45, 2.75) is 72.6 Å². The maximum atomic E-state index is 11.1. The number of unbranched alkanes of at least 4 members (excludes halogenated alkanes) is 3. The second-order valence-corrected chi connectivity index (χ2v) is 19.2. The van der Waals surface area contributed by atoms with E-state index in [9.17, 15) is 4.79 Å². The van der Waals surface area contributed by atoms with Gasteiger partial charge in [-0.1, -0.05) is 0 Å². The Labute approximate surface area is 134 Å². The van der Waals surface area contributed by atoms with Crippen LogP contribution in [0.4, 0.5) is 0 Å². The van der Waals surface area contributed by atoms with Gasteiger partial charge in [0.25, 0.3) is 0 Å². The third kappa shape index (κ3) is 5.72. The molecule has 0 unspecified atom stereocenters. The van der Waals surface area contributed by atoms with Crippen LogP contribution in [0, 0.1) is 0 Å². The van der Waals surface area contributed by atoms with E-state index in [0.29, 0.717) is 5.69 Å². The van der Waals surface area contributed by atoms with Gasteiger partial charge in [0.1, 0.15) is 0 Å². The summed E-state index contributed by atoms with van der Waals surface area (Å²) in [6.07, 6.45) is 8.70. The van der Waals surface area contributed by atoms with Gasteiger partial charge in [-0.3, -0.25) is 0 Å². The molecule has 0 bridgehead atoms. The predicted octanol–water partition coefficient (Wildman–Crippen LogP) is 4.95. The molecule has 0 spiro atoms. The fraction of sp³-hybridized carbons (Fsp3) is 0.667. The summed E-state index contributed by atoms with van der Waals surface area (Å²) >= 11 is -2.43. The van der Waals surface area contributed by atoms with Gasteiger partial charge in [-0.05, 0) is 0 Å². The number of rotatable bonds is 11. The number of carbonyl (C=O) groups is 1. The van der Waals surface area contributed by atoms with E-state index in [1.807, 2.05) is 12.1 Å². The fourth-order valence-electron chi connectivity index (χ4n) is 3.12. The predicted molar refractivity (Wildman–Crippen MR) is 94.2 cm³/mol. The summed E-state index contributed by atoms with van der Waals surface area (Å²) in [7, 11) is 0. The molecule has 1 heterocycles. The molecule has 118 valence electrons. The molecule has 0 saturated heterocycles. The van der Waals surface area contributed by atoms with Crippen LogP contribution >= 0.6 is 0 Å². The number of aldehydes is 1. The van der Waals surface area contributed by atoms with Crippen LogP contribution < -0.4 is 3.71 Å². The summed E-state index contributed by atoms with van der Waals surface area (Å²) in [5.41, 5.74) is 0.623. The Kier molecular flexibility index (Phi) is 9.21. The van der Waals surface area contributed by atoms with Crippen LogP contribution in [-0.4, -0.2) is 29.6 Å². The molecule has 0 amide bonds. The summed E-state index contributed by atoms with van der Waals surface area (Å²) in [5.74, 6) is 0. The SMILES string of the molecule is CCC[CH2][Sn]([CH2]CCC)([CH2]CCC)[c]1cccc(C=O)n1. The number of hydrogen-bond donors (Lipinski definition) is 0. The van der Waals surface area contributed by atoms with Gasteiger partial charge in [-0.15, -0.1) is 0 Å². The molecule has 0 saturated carbocycles. The van der Waals surface area contributed by atoms with E-state index in [0.717, 1.165) is 6.29 Å². The quantitative estimate of drug-likeness (QED) is 0.392. The minimum atomic E-state index is -2.43. The molecule has 0 radical (unpaired) electrons. The maximum absolute atomic E-state index is 11.1. The van der Waals surface area contributed by atoms with Crippen LogP contribution in [0.1, 0.15) is 69.8 Å². The van der Waals surface area contributed by atoms with Gasteiger partial charge in [0.2, 0.25) is 0 Å². The molecule has 21 heavy (non-hydrogen) atoms. The van der Waals surface area contributed by atoms with E-state index < -0.39 is 18.4 Å². The average molecular weight is 396 g/mol. The first-order chi connectivity index (χ1) is 10.2. The van der Waals surface area contributed by atoms with Gasteiger partial charge >= 0.3 is 135 Å². The van der Waals surface area contributed by atoms with Crippen molar-refractivity contribution in [2.24, 2.45) is 0 Å². The molecule has 0 N–H and O–H groups in total. The molecule has 0 aliphatic heterocycles. The fourth-order valence-corrected chi connectivity index (χ4v) is 18.6. The summed E-state index contributed by atoms with van der Waals surface area (Å²) in [5, 5.41) is 0. The van der Waals surface area contributed by atoms with Gasteiger partial charge in [-0.2, -0.15) is 0 Å². The summed E-state index contributed by atoms with van der Waals surface area (Å²) in [6.45, 7) is 6.85. The van der Waals surface area contributed by atoms with Crippen LogP contribution in [0.5, 0.6) is 0 Å². The molecular formula is C18H31NOSn. The van der Waals surface area contributed by atoms with Crippen molar-refractivity contribution in [3.63, 3.8) is 0 Å². The molecule has 1 aromatic rings. The van der Waals surface area contributed by atoms with Crippen LogP contribution in [-0.2, 0) is 0 Å². The Balaban J connectivity index is 3.11. The minimum absolute atomic E-state index is 0.623. The monoisotopic (exact) mass is 397 g/mol. The van der Waals surface area contributed by atoms with Crippen LogP contribution in [0.3, 0.4) is 0 Å². The van der Waals surface area contributed by atoms with Crippen LogP contribution in [0.25, 0.3) is 0 Å². The molecule has 0 aliphatic rings. The van der Waals surface area contributed by atoms with Crippen LogP contribution in [0.15, 0.2) is 18.2 Å². The molecule has 0 aromatic carbocycles. The zero-order valence-electron chi connectivity index (χ0n) is 14.0.